The van der Waals surface area contributed by atoms with Crippen LogP contribution in [0.25, 0.3) is 0 Å². The monoisotopic (exact) mass is 436 g/mol. The van der Waals surface area contributed by atoms with Gasteiger partial charge in [0.2, 0.25) is 18.3 Å². The first kappa shape index (κ1) is 21.7. The molecule has 0 spiro atoms. The molecule has 11 heteroatoms. The van der Waals surface area contributed by atoms with E-state index in [2.05, 4.69) is 15.3 Å². The van der Waals surface area contributed by atoms with E-state index in [4.69, 9.17) is 22.1 Å². The van der Waals surface area contributed by atoms with Crippen molar-refractivity contribution < 1.29 is 18.7 Å². The fourth-order valence-corrected chi connectivity index (χ4v) is 3.41. The van der Waals surface area contributed by atoms with Crippen molar-refractivity contribution in [1.29, 1.82) is 0 Å². The minimum Gasteiger partial charge on any atom is -0.381 e. The van der Waals surface area contributed by atoms with Gasteiger partial charge in [-0.1, -0.05) is 11.6 Å². The molecule has 2 aromatic rings. The van der Waals surface area contributed by atoms with Crippen LogP contribution in [0, 0.1) is 5.82 Å². The molecule has 0 atom stereocenters. The van der Waals surface area contributed by atoms with Crippen LogP contribution < -0.4 is 20.9 Å². The average Bonchev–Trinajstić information content (AvgIpc) is 2.72. The molecule has 9 nitrogen and oxygen atoms in total. The van der Waals surface area contributed by atoms with Crippen LogP contribution in [0.2, 0.25) is 5.02 Å². The number of nitrogens with zero attached hydrogens (tertiary/aromatic N) is 4. The van der Waals surface area contributed by atoms with Gasteiger partial charge in [0.15, 0.2) is 5.82 Å². The molecule has 1 fully saturated rings. The first-order valence-corrected chi connectivity index (χ1v) is 9.61. The number of halogens is 2. The van der Waals surface area contributed by atoms with Gasteiger partial charge in [0, 0.05) is 38.9 Å². The fourth-order valence-electron chi connectivity index (χ4n) is 3.15. The van der Waals surface area contributed by atoms with Gasteiger partial charge in [-0.15, -0.1) is 0 Å². The molecule has 0 unspecified atom stereocenters. The summed E-state index contributed by atoms with van der Waals surface area (Å²) in [5.74, 6) is -1.16. The van der Waals surface area contributed by atoms with Crippen molar-refractivity contribution in [2.24, 2.45) is 5.73 Å². The predicted molar refractivity (Wildman–Crippen MR) is 112 cm³/mol. The molecule has 1 aromatic heterocycles. The molecule has 2 amide bonds. The van der Waals surface area contributed by atoms with E-state index in [1.54, 1.807) is 23.9 Å². The summed E-state index contributed by atoms with van der Waals surface area (Å²) < 4.78 is 19.9. The third-order valence-corrected chi connectivity index (χ3v) is 5.04. The van der Waals surface area contributed by atoms with Crippen LogP contribution in [-0.4, -0.2) is 55.6 Å². The maximum absolute atomic E-state index is 14.5. The fraction of sp³-hybridized carbons (Fsp3) is 0.368. The van der Waals surface area contributed by atoms with Gasteiger partial charge in [-0.25, -0.2) is 9.37 Å². The van der Waals surface area contributed by atoms with Gasteiger partial charge in [0.25, 0.3) is 0 Å². The van der Waals surface area contributed by atoms with E-state index in [0.29, 0.717) is 37.6 Å². The van der Waals surface area contributed by atoms with Crippen LogP contribution >= 0.6 is 11.6 Å². The molecular formula is C19H22ClFN6O3. The molecule has 3 rings (SSSR count). The lowest BCUT2D eigenvalue weighted by Gasteiger charge is -2.32. The number of aromatic nitrogens is 2. The molecule has 2 heterocycles. The molecule has 3 N–H and O–H groups in total. The topological polar surface area (TPSA) is 114 Å². The lowest BCUT2D eigenvalue weighted by molar-refractivity contribution is -0.108. The number of anilines is 4. The first-order chi connectivity index (χ1) is 14.3. The molecule has 0 saturated carbocycles. The van der Waals surface area contributed by atoms with Crippen LogP contribution in [0.1, 0.15) is 23.2 Å². The van der Waals surface area contributed by atoms with E-state index in [1.807, 2.05) is 0 Å². The van der Waals surface area contributed by atoms with E-state index in [1.165, 1.54) is 12.3 Å². The van der Waals surface area contributed by atoms with Gasteiger partial charge in [0.05, 0.1) is 22.6 Å². The number of nitrogens with one attached hydrogen (secondary N) is 1. The van der Waals surface area contributed by atoms with Crippen molar-refractivity contribution in [2.75, 3.05) is 42.4 Å². The highest BCUT2D eigenvalue weighted by atomic mass is 35.5. The first-order valence-electron chi connectivity index (χ1n) is 9.23. The lowest BCUT2D eigenvalue weighted by Crippen LogP contribution is -2.40. The Morgan fingerprint density at radius 2 is 2.07 bits per heavy atom. The second kappa shape index (κ2) is 9.23. The maximum atomic E-state index is 14.5. The van der Waals surface area contributed by atoms with Crippen molar-refractivity contribution in [2.45, 2.75) is 18.9 Å². The molecule has 0 radical (unpaired) electrons. The molecule has 1 aromatic carbocycles. The highest BCUT2D eigenvalue weighted by molar-refractivity contribution is 6.33. The van der Waals surface area contributed by atoms with Crippen molar-refractivity contribution in [3.05, 3.63) is 34.7 Å². The Labute approximate surface area is 178 Å². The second-order valence-corrected chi connectivity index (χ2v) is 7.36. The summed E-state index contributed by atoms with van der Waals surface area (Å²) in [6.07, 6.45) is 3.61. The highest BCUT2D eigenvalue weighted by Gasteiger charge is 2.26. The van der Waals surface area contributed by atoms with Crippen molar-refractivity contribution in [3.8, 4) is 0 Å². The minimum absolute atomic E-state index is 0.0436. The van der Waals surface area contributed by atoms with Gasteiger partial charge in [-0.2, -0.15) is 4.98 Å². The average molecular weight is 437 g/mol. The Balaban J connectivity index is 1.98. The van der Waals surface area contributed by atoms with E-state index in [0.717, 1.165) is 12.5 Å². The third kappa shape index (κ3) is 4.60. The van der Waals surface area contributed by atoms with Crippen LogP contribution in [-0.2, 0) is 9.53 Å². The molecular weight excluding hydrogens is 415 g/mol. The predicted octanol–water partition coefficient (Wildman–Crippen LogP) is 2.32. The van der Waals surface area contributed by atoms with Gasteiger partial charge in [-0.3, -0.25) is 14.5 Å². The summed E-state index contributed by atoms with van der Waals surface area (Å²) in [5.41, 5.74) is 5.64. The SMILES string of the molecule is CN(C)c1cnc(Nc2c(F)cc(C(N)=O)cc2Cl)nc1N(C=O)C1CCOCC1. The summed E-state index contributed by atoms with van der Waals surface area (Å²) in [7, 11) is 3.61. The molecule has 30 heavy (non-hydrogen) atoms. The van der Waals surface area contributed by atoms with E-state index < -0.39 is 11.7 Å². The van der Waals surface area contributed by atoms with E-state index in [9.17, 15) is 14.0 Å². The van der Waals surface area contributed by atoms with Crippen molar-refractivity contribution in [1.82, 2.24) is 9.97 Å². The number of rotatable bonds is 7. The van der Waals surface area contributed by atoms with E-state index >= 15 is 0 Å². The number of nitrogens with two attached hydrogens (primary N) is 1. The summed E-state index contributed by atoms with van der Waals surface area (Å²) in [6.45, 7) is 1.10. The number of amides is 2. The number of hydrogen-bond donors (Lipinski definition) is 2. The van der Waals surface area contributed by atoms with E-state index in [-0.39, 0.29) is 28.3 Å². The zero-order valence-electron chi connectivity index (χ0n) is 16.6. The van der Waals surface area contributed by atoms with Crippen LogP contribution in [0.5, 0.6) is 0 Å². The number of carbonyl (C=O) groups excluding carboxylic acids is 2. The summed E-state index contributed by atoms with van der Waals surface area (Å²) >= 11 is 6.11. The van der Waals surface area contributed by atoms with Crippen molar-refractivity contribution >= 4 is 47.1 Å². The smallest absolute Gasteiger partial charge is 0.248 e. The largest absolute Gasteiger partial charge is 0.381 e. The maximum Gasteiger partial charge on any atom is 0.248 e. The van der Waals surface area contributed by atoms with Gasteiger partial charge < -0.3 is 20.7 Å². The molecule has 0 bridgehead atoms. The lowest BCUT2D eigenvalue weighted by atomic mass is 10.1. The minimum atomic E-state index is -0.797. The Bertz CT molecular complexity index is 929. The quantitative estimate of drug-likeness (QED) is 0.640. The Morgan fingerprint density at radius 3 is 2.63 bits per heavy atom. The summed E-state index contributed by atoms with van der Waals surface area (Å²) in [4.78, 5) is 35.2. The Kier molecular flexibility index (Phi) is 6.68. The zero-order chi connectivity index (χ0) is 21.8. The van der Waals surface area contributed by atoms with Crippen LogP contribution in [0.4, 0.5) is 27.5 Å². The molecule has 0 aliphatic carbocycles. The molecule has 160 valence electrons. The molecule has 1 saturated heterocycles. The van der Waals surface area contributed by atoms with Crippen molar-refractivity contribution in [3.63, 3.8) is 0 Å². The van der Waals surface area contributed by atoms with Crippen LogP contribution in [0.15, 0.2) is 18.3 Å². The number of hydrogen-bond acceptors (Lipinski definition) is 7. The van der Waals surface area contributed by atoms with Gasteiger partial charge in [-0.05, 0) is 25.0 Å². The highest BCUT2D eigenvalue weighted by Crippen LogP contribution is 2.32. The van der Waals surface area contributed by atoms with Gasteiger partial charge in [0.1, 0.15) is 5.82 Å². The number of ether oxygens (including phenoxy) is 1. The normalized spacial score (nSPS) is 14.3. The standard InChI is InChI=1S/C19H22ClFN6O3/c1-26(2)15-9-23-19(24-16-13(20)7-11(17(22)29)8-14(16)21)25-18(15)27(10-28)12-3-5-30-6-4-12/h7-10,12H,3-6H2,1-2H3,(H2,22,29)(H,23,24,25). The number of primary amides is 1. The molecule has 1 aliphatic heterocycles. The second-order valence-electron chi connectivity index (χ2n) is 6.96. The third-order valence-electron chi connectivity index (χ3n) is 4.74. The Morgan fingerprint density at radius 1 is 1.37 bits per heavy atom. The summed E-state index contributed by atoms with van der Waals surface area (Å²) in [5, 5.41) is 2.67. The number of benzene rings is 1. The van der Waals surface area contributed by atoms with Gasteiger partial charge >= 0.3 is 0 Å². The van der Waals surface area contributed by atoms with Crippen LogP contribution in [0.3, 0.4) is 0 Å². The summed E-state index contributed by atoms with van der Waals surface area (Å²) in [6, 6.07) is 2.16. The molecule has 1 aliphatic rings. The number of carbonyl (C=O) groups is 2. The zero-order valence-corrected chi connectivity index (χ0v) is 17.3. The Hall–Kier alpha value is -2.98.